The number of hydrogen-bond acceptors (Lipinski definition) is 2. The molecule has 2 nitrogen and oxygen atoms in total. The van der Waals surface area contributed by atoms with Gasteiger partial charge in [-0.1, -0.05) is 24.3 Å². The highest BCUT2D eigenvalue weighted by Gasteiger charge is 2.31. The molecule has 4 aliphatic carbocycles. The first kappa shape index (κ1) is 13.8. The van der Waals surface area contributed by atoms with Gasteiger partial charge in [0.1, 0.15) is 0 Å². The molecule has 0 amide bonds. The molecule has 0 saturated heterocycles. The van der Waals surface area contributed by atoms with E-state index in [9.17, 15) is 9.59 Å². The molecule has 4 aliphatic rings. The first-order valence-electron chi connectivity index (χ1n) is 10.0. The van der Waals surface area contributed by atoms with Gasteiger partial charge in [0.05, 0.1) is 0 Å². The van der Waals surface area contributed by atoms with Crippen molar-refractivity contribution in [3.8, 4) is 11.1 Å². The van der Waals surface area contributed by atoms with Crippen LogP contribution in [0, 0.1) is 0 Å². The highest BCUT2D eigenvalue weighted by molar-refractivity contribution is 6.30. The molecule has 130 valence electrons. The lowest BCUT2D eigenvalue weighted by atomic mass is 9.79. The monoisotopic (exact) mass is 358 g/mol. The Hall–Kier alpha value is -3.26. The quantitative estimate of drug-likeness (QED) is 0.293. The van der Waals surface area contributed by atoms with Gasteiger partial charge in [0.25, 0.3) is 0 Å². The van der Waals surface area contributed by atoms with E-state index >= 15 is 0 Å². The van der Waals surface area contributed by atoms with Crippen LogP contribution in [0.15, 0.2) is 46.0 Å². The minimum Gasteiger partial charge on any atom is -0.289 e. The molecule has 0 aromatic heterocycles. The predicted octanol–water partition coefficient (Wildman–Crippen LogP) is 4.64. The smallest absolute Gasteiger partial charge is 0.194 e. The topological polar surface area (TPSA) is 34.1 Å². The Morgan fingerprint density at radius 2 is 0.893 bits per heavy atom. The van der Waals surface area contributed by atoms with Gasteiger partial charge in [-0.15, -0.1) is 0 Å². The Kier molecular flexibility index (Phi) is 2.03. The molecule has 0 N–H and O–H groups in total. The van der Waals surface area contributed by atoms with Gasteiger partial charge < -0.3 is 0 Å². The first-order chi connectivity index (χ1) is 13.7. The van der Waals surface area contributed by atoms with Crippen LogP contribution in [0.3, 0.4) is 0 Å². The van der Waals surface area contributed by atoms with Crippen molar-refractivity contribution in [3.05, 3.63) is 79.1 Å². The van der Waals surface area contributed by atoms with Crippen molar-refractivity contribution >= 4 is 43.1 Å². The molecular formula is C26H14O2. The Morgan fingerprint density at radius 3 is 1.36 bits per heavy atom. The van der Waals surface area contributed by atoms with Crippen LogP contribution in [0.1, 0.15) is 22.3 Å². The molecule has 0 unspecified atom stereocenters. The summed E-state index contributed by atoms with van der Waals surface area (Å²) >= 11 is 0. The summed E-state index contributed by atoms with van der Waals surface area (Å²) < 4.78 is 0. The van der Waals surface area contributed by atoms with Gasteiger partial charge in [-0.3, -0.25) is 9.59 Å². The fourth-order valence-corrected chi connectivity index (χ4v) is 6.35. The molecular weight excluding hydrogens is 344 g/mol. The number of hydrogen-bond donors (Lipinski definition) is 0. The second-order valence-electron chi connectivity index (χ2n) is 8.62. The lowest BCUT2D eigenvalue weighted by Crippen LogP contribution is -2.14. The lowest BCUT2D eigenvalue weighted by molar-refractivity contribution is 1.03. The maximum absolute atomic E-state index is 13.6. The second-order valence-corrected chi connectivity index (χ2v) is 8.62. The van der Waals surface area contributed by atoms with Crippen LogP contribution < -0.4 is 10.9 Å². The zero-order valence-electron chi connectivity index (χ0n) is 15.1. The van der Waals surface area contributed by atoms with Gasteiger partial charge in [0, 0.05) is 43.4 Å². The fourth-order valence-electron chi connectivity index (χ4n) is 6.35. The van der Waals surface area contributed by atoms with Crippen LogP contribution in [-0.4, -0.2) is 0 Å². The van der Waals surface area contributed by atoms with Crippen LogP contribution in [-0.2, 0) is 25.7 Å². The van der Waals surface area contributed by atoms with Crippen molar-refractivity contribution in [1.29, 1.82) is 0 Å². The molecule has 0 radical (unpaired) electrons. The minimum atomic E-state index is 0.125. The van der Waals surface area contributed by atoms with Crippen molar-refractivity contribution in [2.75, 3.05) is 0 Å². The van der Waals surface area contributed by atoms with E-state index in [1.54, 1.807) is 0 Å². The molecule has 4 aromatic rings. The maximum Gasteiger partial charge on any atom is 0.194 e. The van der Waals surface area contributed by atoms with Gasteiger partial charge in [-0.25, -0.2) is 0 Å². The summed E-state index contributed by atoms with van der Waals surface area (Å²) in [6.45, 7) is 0. The molecule has 8 rings (SSSR count). The summed E-state index contributed by atoms with van der Waals surface area (Å²) in [4.78, 5) is 27.2. The SMILES string of the molecule is O=c1c2cc3c4c(ccc5c(=O)c6cc7c8c(ccc1c8c6-c2c45)CC7)CC3. The fraction of sp³-hybridized carbons (Fsp3) is 0.154. The zero-order valence-corrected chi connectivity index (χ0v) is 15.1. The van der Waals surface area contributed by atoms with Crippen LogP contribution in [0.2, 0.25) is 0 Å². The van der Waals surface area contributed by atoms with Crippen LogP contribution in [0.25, 0.3) is 54.2 Å². The molecule has 0 heterocycles. The average molecular weight is 358 g/mol. The molecule has 4 aromatic carbocycles. The van der Waals surface area contributed by atoms with E-state index in [-0.39, 0.29) is 10.9 Å². The van der Waals surface area contributed by atoms with Crippen molar-refractivity contribution in [3.63, 3.8) is 0 Å². The first-order valence-corrected chi connectivity index (χ1v) is 10.0. The molecule has 28 heavy (non-hydrogen) atoms. The minimum absolute atomic E-state index is 0.125. The summed E-state index contributed by atoms with van der Waals surface area (Å²) in [5.74, 6) is 0. The Bertz CT molecular complexity index is 1610. The lowest BCUT2D eigenvalue weighted by Gasteiger charge is -2.22. The highest BCUT2D eigenvalue weighted by Crippen LogP contribution is 2.49. The second kappa shape index (κ2) is 4.10. The van der Waals surface area contributed by atoms with E-state index in [2.05, 4.69) is 24.3 Å². The standard InChI is InChI=1S/C26H14O2/c27-25-15-7-5-11-1-3-13-9-17-23(21(15)19(11)13)24-18(25)10-14-4-2-12-6-8-16(26(17)28)22(24)20(12)14/h5-10H,1-4H2. The molecule has 2 heteroatoms. The molecule has 0 bridgehead atoms. The molecule has 0 atom stereocenters. The third-order valence-electron chi connectivity index (χ3n) is 7.46. The summed E-state index contributed by atoms with van der Waals surface area (Å²) in [5, 5.41) is 7.70. The summed E-state index contributed by atoms with van der Waals surface area (Å²) in [6.07, 6.45) is 3.90. The normalized spacial score (nSPS) is 15.6. The number of benzene rings is 6. The van der Waals surface area contributed by atoms with Crippen LogP contribution in [0.4, 0.5) is 0 Å². The molecule has 0 aliphatic heterocycles. The van der Waals surface area contributed by atoms with Crippen LogP contribution >= 0.6 is 0 Å². The van der Waals surface area contributed by atoms with E-state index in [1.807, 2.05) is 12.1 Å². The van der Waals surface area contributed by atoms with E-state index in [0.29, 0.717) is 0 Å². The summed E-state index contributed by atoms with van der Waals surface area (Å²) in [7, 11) is 0. The van der Waals surface area contributed by atoms with E-state index in [0.717, 1.165) is 69.1 Å². The largest absolute Gasteiger partial charge is 0.289 e. The van der Waals surface area contributed by atoms with Crippen molar-refractivity contribution < 1.29 is 0 Å². The number of aryl methyl sites for hydroxylation is 4. The Labute approximate surface area is 159 Å². The predicted molar refractivity (Wildman–Crippen MR) is 114 cm³/mol. The molecule has 0 saturated carbocycles. The van der Waals surface area contributed by atoms with Gasteiger partial charge in [0.2, 0.25) is 0 Å². The average Bonchev–Trinajstić information content (AvgIpc) is 3.33. The van der Waals surface area contributed by atoms with E-state index in [1.165, 1.54) is 33.0 Å². The number of rotatable bonds is 0. The summed E-state index contributed by atoms with van der Waals surface area (Å²) in [6, 6.07) is 12.5. The van der Waals surface area contributed by atoms with Gasteiger partial charge in [-0.05, 0) is 70.8 Å². The molecule has 0 spiro atoms. The van der Waals surface area contributed by atoms with Gasteiger partial charge >= 0.3 is 0 Å². The Morgan fingerprint density at radius 1 is 0.464 bits per heavy atom. The van der Waals surface area contributed by atoms with E-state index in [4.69, 9.17) is 0 Å². The van der Waals surface area contributed by atoms with E-state index < -0.39 is 0 Å². The maximum atomic E-state index is 13.6. The molecule has 0 fully saturated rings. The van der Waals surface area contributed by atoms with Crippen molar-refractivity contribution in [1.82, 2.24) is 0 Å². The Balaban J connectivity index is 1.88. The highest BCUT2D eigenvalue weighted by atomic mass is 16.1. The third kappa shape index (κ3) is 1.25. The van der Waals surface area contributed by atoms with Gasteiger partial charge in [-0.2, -0.15) is 0 Å². The van der Waals surface area contributed by atoms with Crippen molar-refractivity contribution in [2.24, 2.45) is 0 Å². The zero-order chi connectivity index (χ0) is 18.3. The van der Waals surface area contributed by atoms with Crippen molar-refractivity contribution in [2.45, 2.75) is 25.7 Å². The summed E-state index contributed by atoms with van der Waals surface area (Å²) in [5.41, 5.74) is 7.40. The van der Waals surface area contributed by atoms with Gasteiger partial charge in [0.15, 0.2) is 10.9 Å². The van der Waals surface area contributed by atoms with Crippen LogP contribution in [0.5, 0.6) is 0 Å². The third-order valence-corrected chi connectivity index (χ3v) is 7.46.